The van der Waals surface area contributed by atoms with Gasteiger partial charge in [-0.3, -0.25) is 9.59 Å². The van der Waals surface area contributed by atoms with E-state index in [1.54, 1.807) is 26.8 Å². The number of carbonyl (C=O) groups excluding carboxylic acids is 2. The smallest absolute Gasteiger partial charge is 0.326 e. The van der Waals surface area contributed by atoms with Crippen molar-refractivity contribution in [2.45, 2.75) is 40.2 Å². The zero-order chi connectivity index (χ0) is 20.1. The molecule has 0 fully saturated rings. The summed E-state index contributed by atoms with van der Waals surface area (Å²) in [7, 11) is 3.00. The van der Waals surface area contributed by atoms with Gasteiger partial charge in [0, 0.05) is 12.6 Å². The molecular formula is C19H28ClNO5. The average Bonchev–Trinajstić information content (AvgIpc) is 2.49. The second-order valence-electron chi connectivity index (χ2n) is 7.44. The maximum Gasteiger partial charge on any atom is 0.326 e. The predicted molar refractivity (Wildman–Crippen MR) is 101 cm³/mol. The molecule has 1 aromatic carbocycles. The summed E-state index contributed by atoms with van der Waals surface area (Å²) >= 11 is 6.27. The summed E-state index contributed by atoms with van der Waals surface area (Å²) in [5.41, 5.74) is -0.307. The molecule has 1 aromatic rings. The second-order valence-corrected chi connectivity index (χ2v) is 7.85. The first-order chi connectivity index (χ1) is 11.9. The first kappa shape index (κ1) is 22.1. The van der Waals surface area contributed by atoms with Crippen molar-refractivity contribution >= 4 is 23.5 Å². The average molecular weight is 386 g/mol. The van der Waals surface area contributed by atoms with Crippen molar-refractivity contribution in [1.82, 2.24) is 4.90 Å². The Balaban J connectivity index is 2.95. The summed E-state index contributed by atoms with van der Waals surface area (Å²) in [4.78, 5) is 25.8. The Morgan fingerprint density at radius 3 is 2.35 bits per heavy atom. The van der Waals surface area contributed by atoms with Gasteiger partial charge in [-0.15, -0.1) is 0 Å². The van der Waals surface area contributed by atoms with Gasteiger partial charge >= 0.3 is 5.97 Å². The molecule has 0 heterocycles. The standard InChI is InChI=1S/C19H28ClNO5/c1-12(2)11-25-17-14(20)8-13(9-15(17)24-7)18(23)21(6)10-16(22)26-19(3,4)5/h8-9,12H,10-11H2,1-7H3. The molecule has 0 radical (unpaired) electrons. The van der Waals surface area contributed by atoms with Crippen LogP contribution in [0.5, 0.6) is 11.5 Å². The van der Waals surface area contributed by atoms with E-state index < -0.39 is 11.6 Å². The van der Waals surface area contributed by atoms with Crippen LogP contribution in [0.15, 0.2) is 12.1 Å². The van der Waals surface area contributed by atoms with Crippen molar-refractivity contribution in [1.29, 1.82) is 0 Å². The minimum atomic E-state index is -0.608. The van der Waals surface area contributed by atoms with Crippen LogP contribution in [0.25, 0.3) is 0 Å². The van der Waals surface area contributed by atoms with E-state index in [-0.39, 0.29) is 17.5 Å². The second kappa shape index (κ2) is 9.12. The lowest BCUT2D eigenvalue weighted by Crippen LogP contribution is -2.36. The highest BCUT2D eigenvalue weighted by Gasteiger charge is 2.22. The van der Waals surface area contributed by atoms with Crippen LogP contribution < -0.4 is 9.47 Å². The van der Waals surface area contributed by atoms with Gasteiger partial charge in [-0.2, -0.15) is 0 Å². The van der Waals surface area contributed by atoms with Gasteiger partial charge in [0.05, 0.1) is 18.7 Å². The Labute approximate surface area is 160 Å². The zero-order valence-corrected chi connectivity index (χ0v) is 17.3. The summed E-state index contributed by atoms with van der Waals surface area (Å²) < 4.78 is 16.2. The van der Waals surface area contributed by atoms with Crippen LogP contribution in [0.3, 0.4) is 0 Å². The van der Waals surface area contributed by atoms with Gasteiger partial charge in [0.15, 0.2) is 11.5 Å². The van der Waals surface area contributed by atoms with Gasteiger partial charge in [0.25, 0.3) is 5.91 Å². The number of hydrogen-bond donors (Lipinski definition) is 0. The largest absolute Gasteiger partial charge is 0.493 e. The third kappa shape index (κ3) is 6.75. The lowest BCUT2D eigenvalue weighted by molar-refractivity contribution is -0.155. The van der Waals surface area contributed by atoms with E-state index in [1.165, 1.54) is 25.1 Å². The topological polar surface area (TPSA) is 65.1 Å². The number of ether oxygens (including phenoxy) is 3. The number of likely N-dealkylation sites (N-methyl/N-ethyl adjacent to an activating group) is 1. The monoisotopic (exact) mass is 385 g/mol. The van der Waals surface area contributed by atoms with Crippen LogP contribution in [0.2, 0.25) is 5.02 Å². The summed E-state index contributed by atoms with van der Waals surface area (Å²) in [6.45, 7) is 9.66. The van der Waals surface area contributed by atoms with Crippen LogP contribution in [-0.4, -0.2) is 49.7 Å². The van der Waals surface area contributed by atoms with Crippen LogP contribution in [0, 0.1) is 5.92 Å². The van der Waals surface area contributed by atoms with Gasteiger partial charge in [-0.1, -0.05) is 25.4 Å². The lowest BCUT2D eigenvalue weighted by atomic mass is 10.1. The number of amides is 1. The third-order valence-corrected chi connectivity index (χ3v) is 3.45. The van der Waals surface area contributed by atoms with Crippen molar-refractivity contribution in [3.63, 3.8) is 0 Å². The number of halogens is 1. The van der Waals surface area contributed by atoms with E-state index in [9.17, 15) is 9.59 Å². The fraction of sp³-hybridized carbons (Fsp3) is 0.579. The Hall–Kier alpha value is -1.95. The Bertz CT molecular complexity index is 652. The number of rotatable bonds is 7. The van der Waals surface area contributed by atoms with Crippen molar-refractivity contribution < 1.29 is 23.8 Å². The van der Waals surface area contributed by atoms with Gasteiger partial charge < -0.3 is 19.1 Å². The molecule has 0 aliphatic rings. The minimum Gasteiger partial charge on any atom is -0.493 e. The van der Waals surface area contributed by atoms with Gasteiger partial charge in [-0.05, 0) is 38.8 Å². The molecule has 0 aromatic heterocycles. The molecule has 0 saturated carbocycles. The normalized spacial score (nSPS) is 11.3. The maximum atomic E-state index is 12.6. The van der Waals surface area contributed by atoms with Crippen LogP contribution in [-0.2, 0) is 9.53 Å². The molecule has 0 atom stereocenters. The molecule has 0 spiro atoms. The molecule has 6 nitrogen and oxygen atoms in total. The molecular weight excluding hydrogens is 358 g/mol. The molecule has 0 aliphatic carbocycles. The van der Waals surface area contributed by atoms with Crippen molar-refractivity contribution in [3.8, 4) is 11.5 Å². The van der Waals surface area contributed by atoms with Crippen molar-refractivity contribution in [3.05, 3.63) is 22.7 Å². The predicted octanol–water partition coefficient (Wildman–Crippen LogP) is 3.80. The lowest BCUT2D eigenvalue weighted by Gasteiger charge is -2.23. The van der Waals surface area contributed by atoms with Crippen molar-refractivity contribution in [2.24, 2.45) is 5.92 Å². The molecule has 0 unspecified atom stereocenters. The van der Waals surface area contributed by atoms with E-state index in [0.29, 0.717) is 29.6 Å². The highest BCUT2D eigenvalue weighted by molar-refractivity contribution is 6.32. The summed E-state index contributed by atoms with van der Waals surface area (Å²) in [5, 5.41) is 0.277. The van der Waals surface area contributed by atoms with Gasteiger partial charge in [-0.25, -0.2) is 0 Å². The Morgan fingerprint density at radius 2 is 1.85 bits per heavy atom. The first-order valence-electron chi connectivity index (χ1n) is 8.42. The number of methoxy groups -OCH3 is 1. The van der Waals surface area contributed by atoms with Gasteiger partial charge in [0.1, 0.15) is 12.1 Å². The quantitative estimate of drug-likeness (QED) is 0.668. The fourth-order valence-corrected chi connectivity index (χ4v) is 2.36. The number of nitrogens with zero attached hydrogens (tertiary/aromatic N) is 1. The highest BCUT2D eigenvalue weighted by Crippen LogP contribution is 2.37. The van der Waals surface area contributed by atoms with E-state index in [4.69, 9.17) is 25.8 Å². The number of carbonyl (C=O) groups is 2. The zero-order valence-electron chi connectivity index (χ0n) is 16.5. The van der Waals surface area contributed by atoms with E-state index >= 15 is 0 Å². The van der Waals surface area contributed by atoms with Crippen LogP contribution >= 0.6 is 11.6 Å². The molecule has 0 aliphatic heterocycles. The van der Waals surface area contributed by atoms with Crippen LogP contribution in [0.4, 0.5) is 0 Å². The molecule has 1 amide bonds. The summed E-state index contributed by atoms with van der Waals surface area (Å²) in [6, 6.07) is 3.06. The highest BCUT2D eigenvalue weighted by atomic mass is 35.5. The molecule has 26 heavy (non-hydrogen) atoms. The molecule has 0 N–H and O–H groups in total. The van der Waals surface area contributed by atoms with Crippen LogP contribution in [0.1, 0.15) is 45.0 Å². The number of benzene rings is 1. The number of hydrogen-bond acceptors (Lipinski definition) is 5. The van der Waals surface area contributed by atoms with Crippen molar-refractivity contribution in [2.75, 3.05) is 27.3 Å². The Morgan fingerprint density at radius 1 is 1.23 bits per heavy atom. The number of esters is 1. The minimum absolute atomic E-state index is 0.165. The van der Waals surface area contributed by atoms with E-state index in [0.717, 1.165) is 0 Å². The SMILES string of the molecule is COc1cc(C(=O)N(C)CC(=O)OC(C)(C)C)cc(Cl)c1OCC(C)C. The van der Waals surface area contributed by atoms with Gasteiger partial charge in [0.2, 0.25) is 0 Å². The molecule has 7 heteroatoms. The third-order valence-electron chi connectivity index (χ3n) is 3.17. The molecule has 0 bridgehead atoms. The fourth-order valence-electron chi connectivity index (χ4n) is 2.09. The molecule has 1 rings (SSSR count). The Kier molecular flexibility index (Phi) is 7.75. The first-order valence-corrected chi connectivity index (χ1v) is 8.80. The molecule has 0 saturated heterocycles. The van der Waals surface area contributed by atoms with E-state index in [2.05, 4.69) is 0 Å². The summed E-state index contributed by atoms with van der Waals surface area (Å²) in [6.07, 6.45) is 0. The summed E-state index contributed by atoms with van der Waals surface area (Å²) in [5.74, 6) is 0.230. The molecule has 146 valence electrons. The maximum absolute atomic E-state index is 12.6. The van der Waals surface area contributed by atoms with E-state index in [1.807, 2.05) is 13.8 Å².